The van der Waals surface area contributed by atoms with Crippen molar-refractivity contribution in [3.8, 4) is 5.69 Å². The number of nitro benzene ring substituents is 1. The first-order valence-corrected chi connectivity index (χ1v) is 7.85. The summed E-state index contributed by atoms with van der Waals surface area (Å²) in [6.07, 6.45) is 4.04. The summed E-state index contributed by atoms with van der Waals surface area (Å²) in [6.45, 7) is 3.90. The van der Waals surface area contributed by atoms with Gasteiger partial charge in [-0.25, -0.2) is 4.68 Å². The Labute approximate surface area is 151 Å². The van der Waals surface area contributed by atoms with Gasteiger partial charge in [-0.2, -0.15) is 5.10 Å². The zero-order valence-electron chi connectivity index (χ0n) is 13.7. The van der Waals surface area contributed by atoms with E-state index < -0.39 is 4.92 Å². The topological polar surface area (TPSA) is 102 Å². The standard InChI is InChI=1S/C16H19N5O3.ClH/c1-11-8-17-7-6-15(11)19-16(22)12-9-18-20(10-12)13-2-4-14(5-3-13)21(23)24;/h2-5,9-11,15,17H,6-8H2,1H3,(H,19,22);1H. The summed E-state index contributed by atoms with van der Waals surface area (Å²) in [6, 6.07) is 6.17. The van der Waals surface area contributed by atoms with E-state index in [9.17, 15) is 14.9 Å². The molecule has 1 fully saturated rings. The van der Waals surface area contributed by atoms with Gasteiger partial charge in [0, 0.05) is 24.4 Å². The molecule has 134 valence electrons. The van der Waals surface area contributed by atoms with Crippen molar-refractivity contribution in [2.75, 3.05) is 13.1 Å². The number of nitrogens with one attached hydrogen (secondary N) is 2. The SMILES string of the molecule is CC1CNCCC1NC(=O)c1cnn(-c2ccc([N+](=O)[O-])cc2)c1.Cl. The zero-order valence-corrected chi connectivity index (χ0v) is 14.5. The molecule has 9 heteroatoms. The van der Waals surface area contributed by atoms with Crippen LogP contribution < -0.4 is 10.6 Å². The molecule has 1 aromatic carbocycles. The van der Waals surface area contributed by atoms with Crippen molar-refractivity contribution in [1.29, 1.82) is 0 Å². The predicted molar refractivity (Wildman–Crippen MR) is 95.4 cm³/mol. The highest BCUT2D eigenvalue weighted by atomic mass is 35.5. The molecule has 0 spiro atoms. The highest BCUT2D eigenvalue weighted by Gasteiger charge is 2.23. The van der Waals surface area contributed by atoms with Crippen molar-refractivity contribution in [2.45, 2.75) is 19.4 Å². The summed E-state index contributed by atoms with van der Waals surface area (Å²) in [4.78, 5) is 22.6. The molecule has 2 N–H and O–H groups in total. The number of amides is 1. The highest BCUT2D eigenvalue weighted by Crippen LogP contribution is 2.16. The Hall–Kier alpha value is -2.45. The van der Waals surface area contributed by atoms with Gasteiger partial charge in [-0.05, 0) is 37.6 Å². The van der Waals surface area contributed by atoms with Gasteiger partial charge in [0.15, 0.2) is 0 Å². The monoisotopic (exact) mass is 365 g/mol. The van der Waals surface area contributed by atoms with E-state index in [-0.39, 0.29) is 30.0 Å². The molecule has 2 atom stereocenters. The van der Waals surface area contributed by atoms with Crippen LogP contribution in [0.2, 0.25) is 0 Å². The van der Waals surface area contributed by atoms with E-state index in [0.29, 0.717) is 17.2 Å². The Morgan fingerprint density at radius 3 is 2.76 bits per heavy atom. The van der Waals surface area contributed by atoms with Crippen LogP contribution in [0.4, 0.5) is 5.69 Å². The number of non-ortho nitro benzene ring substituents is 1. The van der Waals surface area contributed by atoms with Gasteiger partial charge >= 0.3 is 0 Å². The van der Waals surface area contributed by atoms with Gasteiger partial charge in [0.25, 0.3) is 11.6 Å². The lowest BCUT2D eigenvalue weighted by Gasteiger charge is -2.30. The van der Waals surface area contributed by atoms with E-state index in [1.807, 2.05) is 0 Å². The molecule has 0 saturated carbocycles. The molecule has 1 aromatic heterocycles. The maximum atomic E-state index is 12.4. The molecule has 3 rings (SSSR count). The van der Waals surface area contributed by atoms with E-state index in [0.717, 1.165) is 19.5 Å². The average Bonchev–Trinajstić information content (AvgIpc) is 3.07. The van der Waals surface area contributed by atoms with Crippen molar-refractivity contribution < 1.29 is 9.72 Å². The van der Waals surface area contributed by atoms with Crippen LogP contribution >= 0.6 is 12.4 Å². The second kappa shape index (κ2) is 8.09. The number of piperidine rings is 1. The number of hydrogen-bond acceptors (Lipinski definition) is 5. The Morgan fingerprint density at radius 2 is 2.12 bits per heavy atom. The molecular formula is C16H20ClN5O3. The minimum atomic E-state index is -0.452. The molecule has 2 unspecified atom stereocenters. The fraction of sp³-hybridized carbons (Fsp3) is 0.375. The van der Waals surface area contributed by atoms with Crippen LogP contribution in [0.15, 0.2) is 36.7 Å². The summed E-state index contributed by atoms with van der Waals surface area (Å²) < 4.78 is 1.53. The number of hydrogen-bond donors (Lipinski definition) is 2. The van der Waals surface area contributed by atoms with Crippen molar-refractivity contribution >= 4 is 24.0 Å². The Bertz CT molecular complexity index is 746. The number of benzene rings is 1. The van der Waals surface area contributed by atoms with Gasteiger partial charge in [0.1, 0.15) is 0 Å². The molecule has 2 heterocycles. The number of nitrogens with zero attached hydrogens (tertiary/aromatic N) is 3. The lowest BCUT2D eigenvalue weighted by Crippen LogP contribution is -2.48. The van der Waals surface area contributed by atoms with Crippen molar-refractivity contribution in [1.82, 2.24) is 20.4 Å². The molecule has 2 aromatic rings. The van der Waals surface area contributed by atoms with Gasteiger partial charge in [-0.15, -0.1) is 12.4 Å². The molecule has 0 radical (unpaired) electrons. The first-order valence-electron chi connectivity index (χ1n) is 7.85. The lowest BCUT2D eigenvalue weighted by atomic mass is 9.95. The van der Waals surface area contributed by atoms with Crippen LogP contribution in [-0.4, -0.2) is 39.7 Å². The predicted octanol–water partition coefficient (Wildman–Crippen LogP) is 1.93. The third-order valence-electron chi connectivity index (χ3n) is 4.27. The minimum Gasteiger partial charge on any atom is -0.349 e. The molecule has 1 saturated heterocycles. The smallest absolute Gasteiger partial charge is 0.269 e. The van der Waals surface area contributed by atoms with Crippen molar-refractivity contribution in [3.05, 3.63) is 52.3 Å². The first kappa shape index (κ1) is 18.9. The molecule has 8 nitrogen and oxygen atoms in total. The normalized spacial score (nSPS) is 19.7. The van der Waals surface area contributed by atoms with Gasteiger partial charge in [0.2, 0.25) is 0 Å². The molecule has 25 heavy (non-hydrogen) atoms. The third kappa shape index (κ3) is 4.34. The quantitative estimate of drug-likeness (QED) is 0.636. The summed E-state index contributed by atoms with van der Waals surface area (Å²) >= 11 is 0. The van der Waals surface area contributed by atoms with E-state index in [2.05, 4.69) is 22.7 Å². The van der Waals surface area contributed by atoms with Crippen LogP contribution in [0, 0.1) is 16.0 Å². The zero-order chi connectivity index (χ0) is 17.1. The fourth-order valence-corrected chi connectivity index (χ4v) is 2.79. The third-order valence-corrected chi connectivity index (χ3v) is 4.27. The molecule has 1 aliphatic rings. The van der Waals surface area contributed by atoms with E-state index in [1.165, 1.54) is 23.0 Å². The van der Waals surface area contributed by atoms with Gasteiger partial charge < -0.3 is 10.6 Å². The van der Waals surface area contributed by atoms with Gasteiger partial charge in [-0.1, -0.05) is 6.92 Å². The van der Waals surface area contributed by atoms with Crippen LogP contribution in [0.1, 0.15) is 23.7 Å². The second-order valence-corrected chi connectivity index (χ2v) is 6.00. The number of rotatable bonds is 4. The summed E-state index contributed by atoms with van der Waals surface area (Å²) in [7, 11) is 0. The molecule has 1 amide bonds. The fourth-order valence-electron chi connectivity index (χ4n) is 2.79. The molecular weight excluding hydrogens is 346 g/mol. The van der Waals surface area contributed by atoms with E-state index in [1.54, 1.807) is 18.3 Å². The largest absolute Gasteiger partial charge is 0.349 e. The molecule has 0 aliphatic carbocycles. The first-order chi connectivity index (χ1) is 11.5. The van der Waals surface area contributed by atoms with Crippen molar-refractivity contribution in [3.63, 3.8) is 0 Å². The summed E-state index contributed by atoms with van der Waals surface area (Å²) in [5, 5.41) is 21.2. The van der Waals surface area contributed by atoms with Crippen molar-refractivity contribution in [2.24, 2.45) is 5.92 Å². The minimum absolute atomic E-state index is 0. The van der Waals surface area contributed by atoms with Crippen LogP contribution in [0.25, 0.3) is 5.69 Å². The Balaban J connectivity index is 0.00000225. The Kier molecular flexibility index (Phi) is 6.11. The number of carbonyl (C=O) groups excluding carboxylic acids is 1. The van der Waals surface area contributed by atoms with Gasteiger partial charge in [-0.3, -0.25) is 14.9 Å². The van der Waals surface area contributed by atoms with Gasteiger partial charge in [0.05, 0.1) is 22.4 Å². The Morgan fingerprint density at radius 1 is 1.40 bits per heavy atom. The number of nitro groups is 1. The lowest BCUT2D eigenvalue weighted by molar-refractivity contribution is -0.384. The van der Waals surface area contributed by atoms with Crippen LogP contribution in [0.5, 0.6) is 0 Å². The molecule has 0 bridgehead atoms. The number of carbonyl (C=O) groups is 1. The maximum Gasteiger partial charge on any atom is 0.269 e. The number of halogens is 1. The number of aromatic nitrogens is 2. The highest BCUT2D eigenvalue weighted by molar-refractivity contribution is 5.94. The average molecular weight is 366 g/mol. The molecule has 1 aliphatic heterocycles. The summed E-state index contributed by atoms with van der Waals surface area (Å²) in [5.74, 6) is 0.231. The van der Waals surface area contributed by atoms with E-state index >= 15 is 0 Å². The summed E-state index contributed by atoms with van der Waals surface area (Å²) in [5.41, 5.74) is 1.15. The maximum absolute atomic E-state index is 12.4. The van der Waals surface area contributed by atoms with E-state index in [4.69, 9.17) is 0 Å². The van der Waals surface area contributed by atoms with Crippen LogP contribution in [-0.2, 0) is 0 Å². The second-order valence-electron chi connectivity index (χ2n) is 6.00. The van der Waals surface area contributed by atoms with Crippen LogP contribution in [0.3, 0.4) is 0 Å².